The summed E-state index contributed by atoms with van der Waals surface area (Å²) in [6.07, 6.45) is 7.50. The average molecular weight is 252 g/mol. The maximum atomic E-state index is 12.4. The van der Waals surface area contributed by atoms with Crippen molar-refractivity contribution in [2.45, 2.75) is 52.4 Å². The molecule has 3 heteroatoms. The molecule has 0 spiro atoms. The highest BCUT2D eigenvalue weighted by atomic mass is 16.2. The van der Waals surface area contributed by atoms with E-state index in [0.29, 0.717) is 11.9 Å². The zero-order valence-electron chi connectivity index (χ0n) is 12.0. The lowest BCUT2D eigenvalue weighted by atomic mass is 9.92. The smallest absolute Gasteiger partial charge is 0.320 e. The number of carbonyl (C=O) groups excluding carboxylic acids is 1. The molecule has 104 valence electrons. The van der Waals surface area contributed by atoms with Crippen molar-refractivity contribution in [1.82, 2.24) is 9.80 Å². The molecule has 0 aromatic carbocycles. The topological polar surface area (TPSA) is 23.6 Å². The summed E-state index contributed by atoms with van der Waals surface area (Å²) in [4.78, 5) is 16.6. The van der Waals surface area contributed by atoms with Gasteiger partial charge in [0.15, 0.2) is 0 Å². The van der Waals surface area contributed by atoms with Crippen LogP contribution < -0.4 is 0 Å². The number of likely N-dealkylation sites (tertiary alicyclic amines) is 2. The van der Waals surface area contributed by atoms with Gasteiger partial charge in [0.2, 0.25) is 0 Å². The van der Waals surface area contributed by atoms with Crippen molar-refractivity contribution in [3.63, 3.8) is 0 Å². The Morgan fingerprint density at radius 1 is 1.11 bits per heavy atom. The Balaban J connectivity index is 1.80. The molecule has 0 N–H and O–H groups in total. The van der Waals surface area contributed by atoms with Crippen LogP contribution in [0.15, 0.2) is 0 Å². The lowest BCUT2D eigenvalue weighted by Crippen LogP contribution is -2.49. The van der Waals surface area contributed by atoms with Crippen LogP contribution in [0.3, 0.4) is 0 Å². The second-order valence-electron chi connectivity index (χ2n) is 6.20. The molecule has 0 radical (unpaired) electrons. The van der Waals surface area contributed by atoms with Gasteiger partial charge in [-0.3, -0.25) is 0 Å². The van der Waals surface area contributed by atoms with E-state index < -0.39 is 0 Å². The molecule has 1 unspecified atom stereocenters. The number of rotatable bonds is 2. The average Bonchev–Trinajstić information content (AvgIpc) is 2.39. The van der Waals surface area contributed by atoms with E-state index in [-0.39, 0.29) is 0 Å². The Morgan fingerprint density at radius 3 is 2.44 bits per heavy atom. The number of hydrogen-bond donors (Lipinski definition) is 0. The lowest BCUT2D eigenvalue weighted by Gasteiger charge is -2.38. The third-order valence-corrected chi connectivity index (χ3v) is 4.51. The highest BCUT2D eigenvalue weighted by molar-refractivity contribution is 5.74. The summed E-state index contributed by atoms with van der Waals surface area (Å²) < 4.78 is 0. The van der Waals surface area contributed by atoms with Crippen molar-refractivity contribution in [3.8, 4) is 0 Å². The molecule has 0 aliphatic carbocycles. The minimum Gasteiger partial charge on any atom is -0.325 e. The maximum absolute atomic E-state index is 12.4. The highest BCUT2D eigenvalue weighted by Crippen LogP contribution is 2.24. The van der Waals surface area contributed by atoms with Crippen LogP contribution >= 0.6 is 0 Å². The monoisotopic (exact) mass is 252 g/mol. The number of carbonyl (C=O) groups is 1. The normalized spacial score (nSPS) is 26.4. The van der Waals surface area contributed by atoms with Crippen LogP contribution in [-0.2, 0) is 0 Å². The van der Waals surface area contributed by atoms with Crippen LogP contribution in [0.1, 0.15) is 52.4 Å². The van der Waals surface area contributed by atoms with E-state index in [1.807, 2.05) is 0 Å². The van der Waals surface area contributed by atoms with E-state index >= 15 is 0 Å². The molecule has 2 amide bonds. The largest absolute Gasteiger partial charge is 0.325 e. The fourth-order valence-electron chi connectivity index (χ4n) is 3.38. The minimum absolute atomic E-state index is 0.302. The van der Waals surface area contributed by atoms with Crippen LogP contribution in [-0.4, -0.2) is 42.0 Å². The van der Waals surface area contributed by atoms with Gasteiger partial charge in [-0.1, -0.05) is 26.7 Å². The Labute approximate surface area is 112 Å². The second kappa shape index (κ2) is 6.44. The number of piperidine rings is 2. The van der Waals surface area contributed by atoms with Crippen molar-refractivity contribution < 1.29 is 4.79 Å². The lowest BCUT2D eigenvalue weighted by molar-refractivity contribution is 0.114. The molecule has 2 aliphatic rings. The fraction of sp³-hybridized carbons (Fsp3) is 0.933. The summed E-state index contributed by atoms with van der Waals surface area (Å²) in [6.45, 7) is 8.41. The molecule has 1 atom stereocenters. The molecule has 2 rings (SSSR count). The van der Waals surface area contributed by atoms with Gasteiger partial charge in [-0.25, -0.2) is 4.79 Å². The number of hydrogen-bond acceptors (Lipinski definition) is 1. The van der Waals surface area contributed by atoms with Gasteiger partial charge in [0.25, 0.3) is 0 Å². The van der Waals surface area contributed by atoms with Crippen molar-refractivity contribution in [3.05, 3.63) is 0 Å². The molecule has 0 saturated carbocycles. The van der Waals surface area contributed by atoms with E-state index in [9.17, 15) is 4.79 Å². The zero-order chi connectivity index (χ0) is 13.0. The quantitative estimate of drug-likeness (QED) is 0.739. The molecule has 0 aromatic heterocycles. The number of urea groups is 1. The van der Waals surface area contributed by atoms with E-state index in [0.717, 1.165) is 32.1 Å². The SMILES string of the molecule is CCCC1CCN(C(=O)N2CCCC(C)C2)CC1. The molecule has 2 heterocycles. The van der Waals surface area contributed by atoms with Gasteiger partial charge in [-0.15, -0.1) is 0 Å². The maximum Gasteiger partial charge on any atom is 0.320 e. The number of amides is 2. The van der Waals surface area contributed by atoms with E-state index in [1.165, 1.54) is 38.5 Å². The summed E-state index contributed by atoms with van der Waals surface area (Å²) in [6, 6.07) is 0.302. The van der Waals surface area contributed by atoms with Crippen molar-refractivity contribution >= 4 is 6.03 Å². The first-order valence-corrected chi connectivity index (χ1v) is 7.74. The highest BCUT2D eigenvalue weighted by Gasteiger charge is 2.28. The van der Waals surface area contributed by atoms with E-state index in [1.54, 1.807) is 0 Å². The predicted molar refractivity (Wildman–Crippen MR) is 74.6 cm³/mol. The molecule has 2 aliphatic heterocycles. The van der Waals surface area contributed by atoms with Gasteiger partial charge in [-0.2, -0.15) is 0 Å². The molecule has 2 saturated heterocycles. The Morgan fingerprint density at radius 2 is 1.83 bits per heavy atom. The van der Waals surface area contributed by atoms with Crippen LogP contribution in [0.4, 0.5) is 4.79 Å². The van der Waals surface area contributed by atoms with Crippen molar-refractivity contribution in [2.75, 3.05) is 26.2 Å². The van der Waals surface area contributed by atoms with Crippen LogP contribution in [0.2, 0.25) is 0 Å². The van der Waals surface area contributed by atoms with Gasteiger partial charge in [0.05, 0.1) is 0 Å². The van der Waals surface area contributed by atoms with Gasteiger partial charge >= 0.3 is 6.03 Å². The predicted octanol–water partition coefficient (Wildman–Crippen LogP) is 3.35. The third-order valence-electron chi connectivity index (χ3n) is 4.51. The minimum atomic E-state index is 0.302. The first-order valence-electron chi connectivity index (χ1n) is 7.74. The summed E-state index contributed by atoms with van der Waals surface area (Å²) >= 11 is 0. The second-order valence-corrected chi connectivity index (χ2v) is 6.20. The molecule has 18 heavy (non-hydrogen) atoms. The van der Waals surface area contributed by atoms with Crippen LogP contribution in [0.5, 0.6) is 0 Å². The van der Waals surface area contributed by atoms with E-state index in [2.05, 4.69) is 23.6 Å². The Kier molecular flexibility index (Phi) is 4.90. The summed E-state index contributed by atoms with van der Waals surface area (Å²) in [5, 5.41) is 0. The first kappa shape index (κ1) is 13.7. The van der Waals surface area contributed by atoms with E-state index in [4.69, 9.17) is 0 Å². The molecule has 3 nitrogen and oxygen atoms in total. The van der Waals surface area contributed by atoms with Crippen molar-refractivity contribution in [2.24, 2.45) is 11.8 Å². The molecular weight excluding hydrogens is 224 g/mol. The summed E-state index contributed by atoms with van der Waals surface area (Å²) in [5.41, 5.74) is 0. The summed E-state index contributed by atoms with van der Waals surface area (Å²) in [7, 11) is 0. The molecule has 0 bridgehead atoms. The first-order chi connectivity index (χ1) is 8.70. The third kappa shape index (κ3) is 3.39. The zero-order valence-corrected chi connectivity index (χ0v) is 12.0. The van der Waals surface area contributed by atoms with Gasteiger partial charge in [0.1, 0.15) is 0 Å². The standard InChI is InChI=1S/C15H28N2O/c1-3-5-14-7-10-16(11-8-14)15(18)17-9-4-6-13(2)12-17/h13-14H,3-12H2,1-2H3. The molecule has 0 aromatic rings. The van der Waals surface area contributed by atoms with Gasteiger partial charge in [-0.05, 0) is 37.5 Å². The summed E-state index contributed by atoms with van der Waals surface area (Å²) in [5.74, 6) is 1.54. The fourth-order valence-corrected chi connectivity index (χ4v) is 3.38. The van der Waals surface area contributed by atoms with Gasteiger partial charge < -0.3 is 9.80 Å². The Hall–Kier alpha value is -0.730. The van der Waals surface area contributed by atoms with Crippen LogP contribution in [0, 0.1) is 11.8 Å². The van der Waals surface area contributed by atoms with Crippen molar-refractivity contribution in [1.29, 1.82) is 0 Å². The molecule has 2 fully saturated rings. The number of nitrogens with zero attached hydrogens (tertiary/aromatic N) is 2. The molecular formula is C15H28N2O. The Bertz CT molecular complexity index is 272. The van der Waals surface area contributed by atoms with Crippen LogP contribution in [0.25, 0.3) is 0 Å². The van der Waals surface area contributed by atoms with Gasteiger partial charge in [0, 0.05) is 26.2 Å².